The quantitative estimate of drug-likeness (QED) is 0.742. The van der Waals surface area contributed by atoms with Gasteiger partial charge in [-0.3, -0.25) is 4.90 Å². The van der Waals surface area contributed by atoms with Crippen molar-refractivity contribution in [2.45, 2.75) is 44.2 Å². The molecule has 5 heteroatoms. The van der Waals surface area contributed by atoms with Gasteiger partial charge in [-0.25, -0.2) is 0 Å². The molecule has 0 amide bonds. The molecule has 1 atom stereocenters. The van der Waals surface area contributed by atoms with Crippen LogP contribution in [0.2, 0.25) is 0 Å². The van der Waals surface area contributed by atoms with Crippen molar-refractivity contribution in [2.75, 3.05) is 20.8 Å². The fourth-order valence-corrected chi connectivity index (χ4v) is 3.34. The molecule has 0 aromatic carbocycles. The van der Waals surface area contributed by atoms with Crippen LogP contribution in [-0.4, -0.2) is 43.5 Å². The van der Waals surface area contributed by atoms with Gasteiger partial charge in [-0.05, 0) is 31.2 Å². The summed E-state index contributed by atoms with van der Waals surface area (Å²) in [5.41, 5.74) is 5.76. The highest BCUT2D eigenvalue weighted by Gasteiger charge is 2.46. The van der Waals surface area contributed by atoms with Crippen molar-refractivity contribution in [2.24, 2.45) is 5.73 Å². The molecule has 1 aromatic rings. The van der Waals surface area contributed by atoms with E-state index in [2.05, 4.69) is 29.3 Å². The van der Waals surface area contributed by atoms with Gasteiger partial charge < -0.3 is 15.2 Å². The topological polar surface area (TPSA) is 47.7 Å². The van der Waals surface area contributed by atoms with Gasteiger partial charge in [0, 0.05) is 38.2 Å². The molecule has 0 saturated heterocycles. The molecule has 0 aliphatic heterocycles. The van der Waals surface area contributed by atoms with Crippen LogP contribution in [0.25, 0.3) is 0 Å². The van der Waals surface area contributed by atoms with Gasteiger partial charge in [0.2, 0.25) is 0 Å². The van der Waals surface area contributed by atoms with Crippen LogP contribution < -0.4 is 5.73 Å². The fraction of sp³-hybridized carbons (Fsp3) is 0.714. The van der Waals surface area contributed by atoms with Gasteiger partial charge in [0.1, 0.15) is 0 Å². The van der Waals surface area contributed by atoms with Crippen LogP contribution >= 0.6 is 11.3 Å². The Kier molecular flexibility index (Phi) is 4.97. The van der Waals surface area contributed by atoms with Crippen molar-refractivity contribution in [3.63, 3.8) is 0 Å². The van der Waals surface area contributed by atoms with E-state index in [9.17, 15) is 0 Å². The lowest BCUT2D eigenvalue weighted by Gasteiger charge is -2.44. The lowest BCUT2D eigenvalue weighted by atomic mass is 9.98. The van der Waals surface area contributed by atoms with Gasteiger partial charge in [0.15, 0.2) is 6.29 Å². The molecule has 1 heterocycles. The second-order valence-corrected chi connectivity index (χ2v) is 6.34. The smallest absolute Gasteiger partial charge is 0.176 e. The summed E-state index contributed by atoms with van der Waals surface area (Å²) in [6.07, 6.45) is 2.17. The van der Waals surface area contributed by atoms with Gasteiger partial charge in [-0.15, -0.1) is 11.3 Å². The maximum absolute atomic E-state index is 6.06. The predicted octanol–water partition coefficient (Wildman–Crippen LogP) is 2.05. The van der Waals surface area contributed by atoms with Crippen molar-refractivity contribution in [3.05, 3.63) is 22.4 Å². The monoisotopic (exact) mass is 284 g/mol. The van der Waals surface area contributed by atoms with E-state index in [1.807, 2.05) is 0 Å². The van der Waals surface area contributed by atoms with Crippen molar-refractivity contribution < 1.29 is 9.47 Å². The summed E-state index contributed by atoms with van der Waals surface area (Å²) in [6, 6.07) is 4.86. The molecule has 1 aliphatic rings. The van der Waals surface area contributed by atoms with Crippen LogP contribution in [0.5, 0.6) is 0 Å². The van der Waals surface area contributed by atoms with Crippen LogP contribution in [0.1, 0.15) is 24.6 Å². The fourth-order valence-electron chi connectivity index (χ4n) is 2.64. The normalized spacial score (nSPS) is 19.1. The van der Waals surface area contributed by atoms with Crippen LogP contribution in [0, 0.1) is 0 Å². The Morgan fingerprint density at radius 1 is 1.47 bits per heavy atom. The lowest BCUT2D eigenvalue weighted by Crippen LogP contribution is -2.60. The molecule has 0 radical (unpaired) electrons. The first-order valence-electron chi connectivity index (χ1n) is 6.70. The van der Waals surface area contributed by atoms with E-state index in [0.29, 0.717) is 12.6 Å². The molecule has 108 valence electrons. The summed E-state index contributed by atoms with van der Waals surface area (Å²) in [7, 11) is 3.36. The van der Waals surface area contributed by atoms with E-state index in [0.717, 1.165) is 6.54 Å². The van der Waals surface area contributed by atoms with E-state index in [-0.39, 0.29) is 11.8 Å². The Morgan fingerprint density at radius 3 is 2.58 bits per heavy atom. The van der Waals surface area contributed by atoms with Gasteiger partial charge in [-0.1, -0.05) is 6.07 Å². The molecule has 19 heavy (non-hydrogen) atoms. The maximum Gasteiger partial charge on any atom is 0.176 e. The van der Waals surface area contributed by atoms with Crippen LogP contribution in [-0.2, 0) is 16.0 Å². The lowest BCUT2D eigenvalue weighted by molar-refractivity contribution is -0.184. The third kappa shape index (κ3) is 3.17. The Labute approximate surface area is 119 Å². The van der Waals surface area contributed by atoms with Crippen molar-refractivity contribution in [3.8, 4) is 0 Å². The average Bonchev–Trinajstić information content (AvgIpc) is 3.13. The number of rotatable bonds is 8. The van der Waals surface area contributed by atoms with E-state index in [1.54, 1.807) is 25.6 Å². The second-order valence-electron chi connectivity index (χ2n) is 5.30. The first-order valence-corrected chi connectivity index (χ1v) is 7.58. The van der Waals surface area contributed by atoms with Gasteiger partial charge in [0.25, 0.3) is 0 Å². The largest absolute Gasteiger partial charge is 0.354 e. The number of hydrogen-bond donors (Lipinski definition) is 1. The Bertz CT molecular complexity index is 377. The molecule has 1 fully saturated rings. The SMILES string of the molecule is COC(OC)C(C)(CN)N(Cc1cccs1)C1CC1. The zero-order valence-electron chi connectivity index (χ0n) is 12.0. The summed E-state index contributed by atoms with van der Waals surface area (Å²) in [4.78, 5) is 3.81. The van der Waals surface area contributed by atoms with E-state index < -0.39 is 0 Å². The molecule has 0 bridgehead atoms. The van der Waals surface area contributed by atoms with Crippen LogP contribution in [0.15, 0.2) is 17.5 Å². The minimum Gasteiger partial charge on any atom is -0.354 e. The summed E-state index contributed by atoms with van der Waals surface area (Å²) in [5, 5.41) is 2.12. The van der Waals surface area contributed by atoms with Crippen molar-refractivity contribution >= 4 is 11.3 Å². The maximum atomic E-state index is 6.06. The minimum absolute atomic E-state index is 0.297. The van der Waals surface area contributed by atoms with Gasteiger partial charge >= 0.3 is 0 Å². The predicted molar refractivity (Wildman–Crippen MR) is 78.1 cm³/mol. The second kappa shape index (κ2) is 6.33. The summed E-state index contributed by atoms with van der Waals surface area (Å²) in [5.74, 6) is 0. The molecule has 2 N–H and O–H groups in total. The number of nitrogens with zero attached hydrogens (tertiary/aromatic N) is 1. The number of thiophene rings is 1. The molecule has 1 unspecified atom stereocenters. The zero-order valence-corrected chi connectivity index (χ0v) is 12.8. The number of nitrogens with two attached hydrogens (primary N) is 1. The molecular formula is C14H24N2O2S. The van der Waals surface area contributed by atoms with E-state index in [4.69, 9.17) is 15.2 Å². The molecular weight excluding hydrogens is 260 g/mol. The van der Waals surface area contributed by atoms with E-state index >= 15 is 0 Å². The van der Waals surface area contributed by atoms with Crippen molar-refractivity contribution in [1.29, 1.82) is 0 Å². The standard InChI is InChI=1S/C14H24N2O2S/c1-14(10-15,13(17-2)18-3)16(11-6-7-11)9-12-5-4-8-19-12/h4-5,8,11,13H,6-7,9-10,15H2,1-3H3. The highest BCUT2D eigenvalue weighted by Crippen LogP contribution is 2.37. The Hall–Kier alpha value is -0.460. The van der Waals surface area contributed by atoms with Gasteiger partial charge in [0.05, 0.1) is 5.54 Å². The van der Waals surface area contributed by atoms with Gasteiger partial charge in [-0.2, -0.15) is 0 Å². The highest BCUT2D eigenvalue weighted by atomic mass is 32.1. The Balaban J connectivity index is 2.19. The first-order chi connectivity index (χ1) is 9.15. The molecule has 1 aromatic heterocycles. The number of methoxy groups -OCH3 is 2. The minimum atomic E-state index is -0.307. The van der Waals surface area contributed by atoms with E-state index in [1.165, 1.54) is 17.7 Å². The van der Waals surface area contributed by atoms with Crippen LogP contribution in [0.3, 0.4) is 0 Å². The molecule has 2 rings (SSSR count). The highest BCUT2D eigenvalue weighted by molar-refractivity contribution is 7.09. The third-order valence-electron chi connectivity index (χ3n) is 3.90. The van der Waals surface area contributed by atoms with Crippen LogP contribution in [0.4, 0.5) is 0 Å². The number of hydrogen-bond acceptors (Lipinski definition) is 5. The molecule has 1 aliphatic carbocycles. The summed E-state index contributed by atoms with van der Waals surface area (Å²) >= 11 is 1.79. The van der Waals surface area contributed by atoms with Crippen molar-refractivity contribution in [1.82, 2.24) is 4.90 Å². The summed E-state index contributed by atoms with van der Waals surface area (Å²) < 4.78 is 11.0. The number of ether oxygens (including phenoxy) is 2. The molecule has 1 saturated carbocycles. The third-order valence-corrected chi connectivity index (χ3v) is 4.76. The molecule has 0 spiro atoms. The Morgan fingerprint density at radius 2 is 2.16 bits per heavy atom. The molecule has 4 nitrogen and oxygen atoms in total. The first kappa shape index (κ1) is 14.9. The summed E-state index contributed by atoms with van der Waals surface area (Å²) in [6.45, 7) is 3.57. The average molecular weight is 284 g/mol. The zero-order chi connectivity index (χ0) is 13.9.